The molecule has 3 rings (SSSR count). The van der Waals surface area contributed by atoms with Gasteiger partial charge in [0, 0.05) is 24.3 Å². The number of ether oxygens (including phenoxy) is 2. The van der Waals surface area contributed by atoms with E-state index in [0.29, 0.717) is 35.9 Å². The predicted molar refractivity (Wildman–Crippen MR) is 123 cm³/mol. The molecule has 1 N–H and O–H groups in total. The summed E-state index contributed by atoms with van der Waals surface area (Å²) in [6.45, 7) is 7.87. The highest BCUT2D eigenvalue weighted by Gasteiger charge is 2.33. The standard InChI is InChI=1S/C23H29ClN2O6S/c1-15-5-7-19(8-6-15)33(28,29)31-14-17-11-18(24)12-25-20(17)21(16-9-10-30-13-16)26-22(27)32-23(2,3)4/h5-8,11-12,16,21H,9-10,13-14H2,1-4H3,(H,26,27). The van der Waals surface area contributed by atoms with Crippen molar-refractivity contribution in [2.75, 3.05) is 13.2 Å². The maximum absolute atomic E-state index is 12.7. The average Bonchev–Trinajstić information content (AvgIpc) is 3.25. The summed E-state index contributed by atoms with van der Waals surface area (Å²) in [6.07, 6.45) is 1.55. The molecule has 1 fully saturated rings. The Morgan fingerprint density at radius 2 is 2.00 bits per heavy atom. The van der Waals surface area contributed by atoms with Crippen molar-refractivity contribution >= 4 is 27.8 Å². The first-order chi connectivity index (χ1) is 15.4. The zero-order valence-corrected chi connectivity index (χ0v) is 20.7. The fourth-order valence-corrected chi connectivity index (χ4v) is 4.53. The minimum absolute atomic E-state index is 0.0530. The summed E-state index contributed by atoms with van der Waals surface area (Å²) in [5.41, 5.74) is 1.17. The molecular formula is C23H29ClN2O6S. The average molecular weight is 497 g/mol. The monoisotopic (exact) mass is 496 g/mol. The van der Waals surface area contributed by atoms with E-state index in [0.717, 1.165) is 5.56 Å². The number of halogens is 1. The van der Waals surface area contributed by atoms with Crippen LogP contribution in [-0.4, -0.2) is 38.3 Å². The molecular weight excluding hydrogens is 468 g/mol. The van der Waals surface area contributed by atoms with Gasteiger partial charge in [0.05, 0.1) is 34.9 Å². The van der Waals surface area contributed by atoms with Crippen LogP contribution in [-0.2, 0) is 30.4 Å². The van der Waals surface area contributed by atoms with Gasteiger partial charge in [-0.15, -0.1) is 0 Å². The summed E-state index contributed by atoms with van der Waals surface area (Å²) >= 11 is 6.15. The molecule has 2 heterocycles. The third kappa shape index (κ3) is 7.14. The van der Waals surface area contributed by atoms with Crippen LogP contribution in [0.25, 0.3) is 0 Å². The minimum atomic E-state index is -4.00. The largest absolute Gasteiger partial charge is 0.444 e. The maximum Gasteiger partial charge on any atom is 0.408 e. The van der Waals surface area contributed by atoms with Gasteiger partial charge in [-0.1, -0.05) is 29.3 Å². The third-order valence-electron chi connectivity index (χ3n) is 5.05. The molecule has 1 aromatic carbocycles. The molecule has 0 radical (unpaired) electrons. The second-order valence-corrected chi connectivity index (χ2v) is 11.0. The second kappa shape index (κ2) is 10.4. The Morgan fingerprint density at radius 1 is 1.30 bits per heavy atom. The van der Waals surface area contributed by atoms with E-state index in [9.17, 15) is 13.2 Å². The van der Waals surface area contributed by atoms with Crippen molar-refractivity contribution in [2.24, 2.45) is 5.92 Å². The molecule has 33 heavy (non-hydrogen) atoms. The Hall–Kier alpha value is -2.20. The van der Waals surface area contributed by atoms with E-state index >= 15 is 0 Å². The molecule has 1 aromatic heterocycles. The molecule has 10 heteroatoms. The maximum atomic E-state index is 12.7. The van der Waals surface area contributed by atoms with E-state index in [1.54, 1.807) is 39.0 Å². The SMILES string of the molecule is Cc1ccc(S(=O)(=O)OCc2cc(Cl)cnc2C(NC(=O)OC(C)(C)C)C2CCOC2)cc1. The first kappa shape index (κ1) is 25.4. The van der Waals surface area contributed by atoms with Crippen molar-refractivity contribution in [2.45, 2.75) is 57.3 Å². The van der Waals surface area contributed by atoms with E-state index in [4.69, 9.17) is 25.3 Å². The van der Waals surface area contributed by atoms with Gasteiger partial charge in [0.15, 0.2) is 0 Å². The molecule has 1 aliphatic heterocycles. The topological polar surface area (TPSA) is 104 Å². The van der Waals surface area contributed by atoms with Gasteiger partial charge < -0.3 is 14.8 Å². The lowest BCUT2D eigenvalue weighted by molar-refractivity contribution is 0.0478. The lowest BCUT2D eigenvalue weighted by Crippen LogP contribution is -2.39. The van der Waals surface area contributed by atoms with Crippen LogP contribution in [0.4, 0.5) is 4.79 Å². The highest BCUT2D eigenvalue weighted by Crippen LogP contribution is 2.32. The van der Waals surface area contributed by atoms with Crippen LogP contribution < -0.4 is 5.32 Å². The van der Waals surface area contributed by atoms with Gasteiger partial charge in [-0.2, -0.15) is 8.42 Å². The lowest BCUT2D eigenvalue weighted by atomic mass is 9.93. The molecule has 2 atom stereocenters. The van der Waals surface area contributed by atoms with Crippen molar-refractivity contribution in [3.05, 3.63) is 58.4 Å². The first-order valence-electron chi connectivity index (χ1n) is 10.6. The summed E-state index contributed by atoms with van der Waals surface area (Å²) in [7, 11) is -4.00. The number of nitrogens with one attached hydrogen (secondary N) is 1. The second-order valence-electron chi connectivity index (χ2n) is 8.97. The normalized spacial score (nSPS) is 17.5. The first-order valence-corrected chi connectivity index (χ1v) is 12.4. The lowest BCUT2D eigenvalue weighted by Gasteiger charge is -2.27. The van der Waals surface area contributed by atoms with E-state index in [-0.39, 0.29) is 17.4 Å². The summed E-state index contributed by atoms with van der Waals surface area (Å²) in [4.78, 5) is 17.0. The van der Waals surface area contributed by atoms with Crippen molar-refractivity contribution < 1.29 is 26.9 Å². The Morgan fingerprint density at radius 3 is 2.61 bits per heavy atom. The number of hydrogen-bond donors (Lipinski definition) is 1. The van der Waals surface area contributed by atoms with Crippen molar-refractivity contribution in [1.29, 1.82) is 0 Å². The molecule has 1 amide bonds. The molecule has 2 aromatic rings. The Bertz CT molecular complexity index is 1080. The number of carbonyl (C=O) groups is 1. The van der Waals surface area contributed by atoms with Crippen molar-refractivity contribution in [3.63, 3.8) is 0 Å². The number of rotatable bonds is 7. The molecule has 0 aliphatic carbocycles. The van der Waals surface area contributed by atoms with Gasteiger partial charge in [0.2, 0.25) is 0 Å². The number of benzene rings is 1. The van der Waals surface area contributed by atoms with Crippen LogP contribution >= 0.6 is 11.6 Å². The van der Waals surface area contributed by atoms with Crippen LogP contribution in [0.1, 0.15) is 50.1 Å². The number of hydrogen-bond acceptors (Lipinski definition) is 7. The highest BCUT2D eigenvalue weighted by molar-refractivity contribution is 7.86. The molecule has 8 nitrogen and oxygen atoms in total. The Kier molecular flexibility index (Phi) is 8.00. The fourth-order valence-electron chi connectivity index (χ4n) is 3.46. The van der Waals surface area contributed by atoms with Gasteiger partial charge in [-0.3, -0.25) is 9.17 Å². The van der Waals surface area contributed by atoms with Crippen LogP contribution in [0.2, 0.25) is 5.02 Å². The van der Waals surface area contributed by atoms with Crippen LogP contribution in [0.5, 0.6) is 0 Å². The van der Waals surface area contributed by atoms with Gasteiger partial charge in [-0.25, -0.2) is 4.79 Å². The van der Waals surface area contributed by atoms with Crippen LogP contribution in [0, 0.1) is 12.8 Å². The summed E-state index contributed by atoms with van der Waals surface area (Å²) in [6, 6.07) is 7.40. The van der Waals surface area contributed by atoms with Crippen molar-refractivity contribution in [1.82, 2.24) is 10.3 Å². The van der Waals surface area contributed by atoms with E-state index in [2.05, 4.69) is 10.3 Å². The summed E-state index contributed by atoms with van der Waals surface area (Å²) in [5.74, 6) is -0.0707. The van der Waals surface area contributed by atoms with E-state index in [1.807, 2.05) is 6.92 Å². The quantitative estimate of drug-likeness (QED) is 0.560. The van der Waals surface area contributed by atoms with Gasteiger partial charge in [0.1, 0.15) is 5.60 Å². The number of nitrogens with zero attached hydrogens (tertiary/aromatic N) is 1. The highest BCUT2D eigenvalue weighted by atomic mass is 35.5. The minimum Gasteiger partial charge on any atom is -0.444 e. The molecule has 1 aliphatic rings. The number of carbonyl (C=O) groups excluding carboxylic acids is 1. The summed E-state index contributed by atoms with van der Waals surface area (Å²) in [5, 5.41) is 3.20. The Balaban J connectivity index is 1.87. The van der Waals surface area contributed by atoms with Gasteiger partial charge in [0.25, 0.3) is 10.1 Å². The van der Waals surface area contributed by atoms with E-state index in [1.165, 1.54) is 18.3 Å². The number of amides is 1. The molecule has 1 saturated heterocycles. The molecule has 0 bridgehead atoms. The predicted octanol–water partition coefficient (Wildman–Crippen LogP) is 4.55. The number of aryl methyl sites for hydroxylation is 1. The van der Waals surface area contributed by atoms with Crippen LogP contribution in [0.15, 0.2) is 41.4 Å². The fraction of sp³-hybridized carbons (Fsp3) is 0.478. The number of alkyl carbamates (subject to hydrolysis) is 1. The zero-order chi connectivity index (χ0) is 24.2. The molecule has 0 saturated carbocycles. The smallest absolute Gasteiger partial charge is 0.408 e. The molecule has 0 spiro atoms. The zero-order valence-electron chi connectivity index (χ0n) is 19.1. The molecule has 2 unspecified atom stereocenters. The number of aromatic nitrogens is 1. The third-order valence-corrected chi connectivity index (χ3v) is 6.53. The Labute approximate surface area is 199 Å². The molecule has 180 valence electrons. The summed E-state index contributed by atoms with van der Waals surface area (Å²) < 4.78 is 41.6. The van der Waals surface area contributed by atoms with Gasteiger partial charge >= 0.3 is 6.09 Å². The van der Waals surface area contributed by atoms with Crippen molar-refractivity contribution in [3.8, 4) is 0 Å². The van der Waals surface area contributed by atoms with Crippen LogP contribution in [0.3, 0.4) is 0 Å². The van der Waals surface area contributed by atoms with Gasteiger partial charge in [-0.05, 0) is 52.3 Å². The number of pyridine rings is 1. The van der Waals surface area contributed by atoms with E-state index < -0.39 is 27.9 Å².